The fourth-order valence-electron chi connectivity index (χ4n) is 1.43. The summed E-state index contributed by atoms with van der Waals surface area (Å²) in [5, 5.41) is 11.8. The van der Waals surface area contributed by atoms with E-state index in [0.717, 1.165) is 5.71 Å². The van der Waals surface area contributed by atoms with Crippen LogP contribution in [0.1, 0.15) is 20.3 Å². The molecule has 1 aliphatic rings. The Morgan fingerprint density at radius 1 is 1.57 bits per heavy atom. The molecule has 0 spiro atoms. The second-order valence-corrected chi connectivity index (χ2v) is 3.13. The molecule has 74 valence electrons. The quantitative estimate of drug-likeness (QED) is 0.642. The van der Waals surface area contributed by atoms with E-state index in [1.807, 2.05) is 13.8 Å². The normalized spacial score (nSPS) is 16.3. The molecule has 6 heteroatoms. The van der Waals surface area contributed by atoms with E-state index in [9.17, 15) is 4.79 Å². The van der Waals surface area contributed by atoms with Crippen LogP contribution in [0.3, 0.4) is 0 Å². The van der Waals surface area contributed by atoms with Crippen LogP contribution in [0.4, 0.5) is 5.95 Å². The first-order valence-corrected chi connectivity index (χ1v) is 4.47. The first kappa shape index (κ1) is 8.86. The molecule has 2 rings (SSSR count). The van der Waals surface area contributed by atoms with E-state index in [2.05, 4.69) is 15.3 Å². The molecule has 14 heavy (non-hydrogen) atoms. The number of amides is 1. The molecule has 0 unspecified atom stereocenters. The number of fused-ring (bicyclic) bond motifs is 1. The summed E-state index contributed by atoms with van der Waals surface area (Å²) >= 11 is 0. The second-order valence-electron chi connectivity index (χ2n) is 3.13. The first-order valence-electron chi connectivity index (χ1n) is 4.47. The van der Waals surface area contributed by atoms with Gasteiger partial charge in [0.15, 0.2) is 0 Å². The molecule has 1 aromatic heterocycles. The van der Waals surface area contributed by atoms with Gasteiger partial charge < -0.3 is 0 Å². The maximum Gasteiger partial charge on any atom is 0.254 e. The van der Waals surface area contributed by atoms with Gasteiger partial charge in [-0.2, -0.15) is 9.78 Å². The molecule has 0 saturated heterocycles. The molecule has 0 aromatic carbocycles. The Balaban J connectivity index is 2.50. The van der Waals surface area contributed by atoms with E-state index < -0.39 is 0 Å². The summed E-state index contributed by atoms with van der Waals surface area (Å²) in [7, 11) is 0. The van der Waals surface area contributed by atoms with Gasteiger partial charge in [0.25, 0.3) is 5.95 Å². The lowest BCUT2D eigenvalue weighted by Crippen LogP contribution is -2.32. The third kappa shape index (κ3) is 1.28. The van der Waals surface area contributed by atoms with Gasteiger partial charge in [0.05, 0.1) is 6.42 Å². The number of rotatable bonds is 1. The predicted octanol–water partition coefficient (Wildman–Crippen LogP) is 0.259. The molecule has 2 heterocycles. The molecule has 1 amide bonds. The highest BCUT2D eigenvalue weighted by molar-refractivity contribution is 6.07. The Kier molecular flexibility index (Phi) is 2.03. The number of anilines is 1. The molecule has 1 aromatic rings. The van der Waals surface area contributed by atoms with E-state index in [1.54, 1.807) is 4.90 Å². The number of aromatic nitrogens is 3. The summed E-state index contributed by atoms with van der Waals surface area (Å²) in [6.07, 6.45) is 1.84. The minimum Gasteiger partial charge on any atom is -0.279 e. The third-order valence-corrected chi connectivity index (χ3v) is 2.06. The predicted molar refractivity (Wildman–Crippen MR) is 51.2 cm³/mol. The van der Waals surface area contributed by atoms with Crippen LogP contribution < -0.4 is 4.90 Å². The maximum absolute atomic E-state index is 11.7. The van der Waals surface area contributed by atoms with Crippen LogP contribution in [0.25, 0.3) is 0 Å². The molecule has 0 saturated carbocycles. The number of nitrogens with zero attached hydrogens (tertiary/aromatic N) is 5. The lowest BCUT2D eigenvalue weighted by molar-refractivity contribution is -0.117. The minimum atomic E-state index is 0.0144. The standard InChI is InChI=1S/C8H11N5O/c1-3-12-7(14)4-6(2)11-13-5-9-10-8(12)13/h5H,3-4H2,1-2H3. The smallest absolute Gasteiger partial charge is 0.254 e. The van der Waals surface area contributed by atoms with Crippen molar-refractivity contribution in [1.82, 2.24) is 14.9 Å². The molecule has 1 aliphatic heterocycles. The molecular weight excluding hydrogens is 182 g/mol. The van der Waals surface area contributed by atoms with E-state index in [-0.39, 0.29) is 5.91 Å². The summed E-state index contributed by atoms with van der Waals surface area (Å²) in [6, 6.07) is 0. The molecular formula is C8H11N5O. The fourth-order valence-corrected chi connectivity index (χ4v) is 1.43. The zero-order valence-corrected chi connectivity index (χ0v) is 8.14. The minimum absolute atomic E-state index is 0.0144. The highest BCUT2D eigenvalue weighted by Gasteiger charge is 2.22. The van der Waals surface area contributed by atoms with Gasteiger partial charge in [-0.25, -0.2) is 0 Å². The number of hydrogen-bond donors (Lipinski definition) is 0. The summed E-state index contributed by atoms with van der Waals surface area (Å²) in [5.41, 5.74) is 0.770. The Labute approximate surface area is 81.2 Å². The van der Waals surface area contributed by atoms with Crippen LogP contribution in [0, 0.1) is 0 Å². The van der Waals surface area contributed by atoms with Gasteiger partial charge in [-0.05, 0) is 13.8 Å². The SMILES string of the molecule is CCN1C(=O)CC(C)=Nn2cnnc21. The number of carbonyl (C=O) groups excluding carboxylic acids is 1. The summed E-state index contributed by atoms with van der Waals surface area (Å²) in [5.74, 6) is 0.509. The Bertz CT molecular complexity index is 394. The average molecular weight is 193 g/mol. The van der Waals surface area contributed by atoms with Crippen molar-refractivity contribution < 1.29 is 4.79 Å². The van der Waals surface area contributed by atoms with Crippen molar-refractivity contribution in [1.29, 1.82) is 0 Å². The Morgan fingerprint density at radius 3 is 3.07 bits per heavy atom. The van der Waals surface area contributed by atoms with Crippen LogP contribution in [0.2, 0.25) is 0 Å². The summed E-state index contributed by atoms with van der Waals surface area (Å²) in [4.78, 5) is 13.3. The lowest BCUT2D eigenvalue weighted by Gasteiger charge is -2.15. The number of carbonyl (C=O) groups is 1. The van der Waals surface area contributed by atoms with Gasteiger partial charge in [-0.3, -0.25) is 9.69 Å². The zero-order chi connectivity index (χ0) is 10.1. The van der Waals surface area contributed by atoms with Gasteiger partial charge in [0.1, 0.15) is 6.33 Å². The van der Waals surface area contributed by atoms with Gasteiger partial charge in [-0.15, -0.1) is 10.2 Å². The Morgan fingerprint density at radius 2 is 2.36 bits per heavy atom. The van der Waals surface area contributed by atoms with Crippen LogP contribution in [-0.4, -0.2) is 33.0 Å². The van der Waals surface area contributed by atoms with Gasteiger partial charge in [-0.1, -0.05) is 0 Å². The fraction of sp³-hybridized carbons (Fsp3) is 0.500. The van der Waals surface area contributed by atoms with E-state index in [0.29, 0.717) is 18.9 Å². The largest absolute Gasteiger partial charge is 0.279 e. The molecule has 0 bridgehead atoms. The molecule has 0 N–H and O–H groups in total. The molecule has 0 radical (unpaired) electrons. The number of hydrogen-bond acceptors (Lipinski definition) is 4. The molecule has 0 aliphatic carbocycles. The first-order chi connectivity index (χ1) is 6.72. The van der Waals surface area contributed by atoms with Crippen molar-refractivity contribution in [3.05, 3.63) is 6.33 Å². The average Bonchev–Trinajstić information content (AvgIpc) is 2.50. The van der Waals surface area contributed by atoms with Gasteiger partial charge in [0.2, 0.25) is 5.91 Å². The van der Waals surface area contributed by atoms with Crippen LogP contribution in [-0.2, 0) is 4.79 Å². The summed E-state index contributed by atoms with van der Waals surface area (Å²) in [6.45, 7) is 4.30. The van der Waals surface area contributed by atoms with Crippen LogP contribution in [0.15, 0.2) is 11.4 Å². The zero-order valence-electron chi connectivity index (χ0n) is 8.14. The highest BCUT2D eigenvalue weighted by Crippen LogP contribution is 2.15. The second kappa shape index (κ2) is 3.21. The molecule has 0 atom stereocenters. The van der Waals surface area contributed by atoms with E-state index in [4.69, 9.17) is 0 Å². The van der Waals surface area contributed by atoms with Crippen molar-refractivity contribution in [2.45, 2.75) is 20.3 Å². The van der Waals surface area contributed by atoms with E-state index >= 15 is 0 Å². The van der Waals surface area contributed by atoms with Crippen molar-refractivity contribution in [3.63, 3.8) is 0 Å². The van der Waals surface area contributed by atoms with Crippen LogP contribution >= 0.6 is 0 Å². The van der Waals surface area contributed by atoms with Gasteiger partial charge in [0, 0.05) is 12.3 Å². The van der Waals surface area contributed by atoms with E-state index in [1.165, 1.54) is 11.0 Å². The summed E-state index contributed by atoms with van der Waals surface area (Å²) < 4.78 is 1.53. The third-order valence-electron chi connectivity index (χ3n) is 2.06. The maximum atomic E-state index is 11.7. The van der Waals surface area contributed by atoms with Crippen molar-refractivity contribution in [3.8, 4) is 0 Å². The van der Waals surface area contributed by atoms with Crippen molar-refractivity contribution in [2.24, 2.45) is 5.10 Å². The lowest BCUT2D eigenvalue weighted by atomic mass is 10.3. The van der Waals surface area contributed by atoms with Crippen molar-refractivity contribution in [2.75, 3.05) is 11.4 Å². The molecule has 0 fully saturated rings. The monoisotopic (exact) mass is 193 g/mol. The Hall–Kier alpha value is -1.72. The highest BCUT2D eigenvalue weighted by atomic mass is 16.2. The molecule has 6 nitrogen and oxygen atoms in total. The van der Waals surface area contributed by atoms with Gasteiger partial charge >= 0.3 is 0 Å². The van der Waals surface area contributed by atoms with Crippen LogP contribution in [0.5, 0.6) is 0 Å². The topological polar surface area (TPSA) is 63.4 Å². The van der Waals surface area contributed by atoms with Crippen molar-refractivity contribution >= 4 is 17.6 Å².